The second-order valence-electron chi connectivity index (χ2n) is 4.93. The minimum Gasteiger partial charge on any atom is -0.271 e. The van der Waals surface area contributed by atoms with Crippen LogP contribution >= 0.6 is 11.5 Å². The molecule has 1 aromatic carbocycles. The van der Waals surface area contributed by atoms with Crippen LogP contribution in [-0.2, 0) is 12.8 Å². The molecule has 0 aliphatic rings. The van der Waals surface area contributed by atoms with E-state index in [4.69, 9.17) is 5.84 Å². The summed E-state index contributed by atoms with van der Waals surface area (Å²) in [5.41, 5.74) is 6.51. The van der Waals surface area contributed by atoms with Gasteiger partial charge in [-0.3, -0.25) is 5.84 Å². The molecule has 0 amide bonds. The Morgan fingerprint density at radius 3 is 2.75 bits per heavy atom. The van der Waals surface area contributed by atoms with Crippen LogP contribution < -0.4 is 11.3 Å². The molecule has 0 bridgehead atoms. The lowest BCUT2D eigenvalue weighted by molar-refractivity contribution is 0.635. The van der Waals surface area contributed by atoms with E-state index in [1.807, 2.05) is 0 Å². The van der Waals surface area contributed by atoms with Gasteiger partial charge in [-0.05, 0) is 35.5 Å². The quantitative estimate of drug-likeness (QED) is 0.608. The molecule has 0 saturated carbocycles. The average molecular weight is 290 g/mol. The van der Waals surface area contributed by atoms with E-state index >= 15 is 0 Å². The third kappa shape index (κ3) is 3.42. The number of hydrogen-bond acceptors (Lipinski definition) is 5. The Labute approximate surface area is 124 Å². The molecule has 108 valence electrons. The number of benzene rings is 1. The molecule has 1 atom stereocenters. The van der Waals surface area contributed by atoms with E-state index in [1.165, 1.54) is 22.7 Å². The summed E-state index contributed by atoms with van der Waals surface area (Å²) < 4.78 is 4.09. The molecule has 2 aromatic rings. The highest BCUT2D eigenvalue weighted by Gasteiger charge is 2.19. The standard InChI is InChI=1S/C15H22N4S/c1-3-6-11-8-5-9-12(10-11)14(17-16)15-13(7-4-2)18-19-20-15/h5,8-10,14,17H,3-4,6-7,16H2,1-2H3. The Morgan fingerprint density at radius 1 is 1.25 bits per heavy atom. The molecule has 1 unspecified atom stereocenters. The molecule has 4 nitrogen and oxygen atoms in total. The number of nitrogens with two attached hydrogens (primary N) is 1. The lowest BCUT2D eigenvalue weighted by atomic mass is 9.99. The molecule has 0 fully saturated rings. The van der Waals surface area contributed by atoms with Gasteiger partial charge >= 0.3 is 0 Å². The zero-order chi connectivity index (χ0) is 14.4. The summed E-state index contributed by atoms with van der Waals surface area (Å²) >= 11 is 1.43. The largest absolute Gasteiger partial charge is 0.271 e. The van der Waals surface area contributed by atoms with E-state index in [-0.39, 0.29) is 6.04 Å². The maximum absolute atomic E-state index is 5.79. The predicted octanol–water partition coefficient (Wildman–Crippen LogP) is 3.00. The molecule has 0 spiro atoms. The van der Waals surface area contributed by atoms with Crippen LogP contribution in [0.5, 0.6) is 0 Å². The van der Waals surface area contributed by atoms with Crippen molar-refractivity contribution in [1.29, 1.82) is 0 Å². The maximum Gasteiger partial charge on any atom is 0.0837 e. The van der Waals surface area contributed by atoms with Crippen molar-refractivity contribution < 1.29 is 0 Å². The van der Waals surface area contributed by atoms with E-state index in [0.29, 0.717) is 0 Å². The van der Waals surface area contributed by atoms with Gasteiger partial charge in [-0.25, -0.2) is 5.43 Å². The first kappa shape index (κ1) is 15.1. The fourth-order valence-corrected chi connectivity index (χ4v) is 3.17. The van der Waals surface area contributed by atoms with Gasteiger partial charge in [0, 0.05) is 0 Å². The van der Waals surface area contributed by atoms with E-state index in [1.54, 1.807) is 0 Å². The first-order chi connectivity index (χ1) is 9.80. The third-order valence-electron chi connectivity index (χ3n) is 3.32. The van der Waals surface area contributed by atoms with Gasteiger partial charge in [0.25, 0.3) is 0 Å². The highest BCUT2D eigenvalue weighted by molar-refractivity contribution is 7.05. The van der Waals surface area contributed by atoms with Crippen LogP contribution in [0.4, 0.5) is 0 Å². The van der Waals surface area contributed by atoms with Crippen LogP contribution in [0.2, 0.25) is 0 Å². The minimum atomic E-state index is -0.0200. The summed E-state index contributed by atoms with van der Waals surface area (Å²) in [5, 5.41) is 4.23. The Bertz CT molecular complexity index is 538. The number of aromatic nitrogens is 2. The third-order valence-corrected chi connectivity index (χ3v) is 4.16. The number of hydrazine groups is 1. The second-order valence-corrected chi connectivity index (χ2v) is 5.71. The molecule has 20 heavy (non-hydrogen) atoms. The van der Waals surface area contributed by atoms with Crippen LogP contribution in [0.15, 0.2) is 24.3 Å². The summed E-state index contributed by atoms with van der Waals surface area (Å²) in [6, 6.07) is 8.58. The van der Waals surface area contributed by atoms with E-state index in [2.05, 4.69) is 53.1 Å². The molecule has 2 rings (SSSR count). The van der Waals surface area contributed by atoms with E-state index in [0.717, 1.165) is 36.3 Å². The van der Waals surface area contributed by atoms with Crippen LogP contribution in [0.3, 0.4) is 0 Å². The minimum absolute atomic E-state index is 0.0200. The summed E-state index contributed by atoms with van der Waals surface area (Å²) in [6.45, 7) is 4.34. The van der Waals surface area contributed by atoms with Crippen molar-refractivity contribution >= 4 is 11.5 Å². The highest BCUT2D eigenvalue weighted by atomic mass is 32.1. The van der Waals surface area contributed by atoms with Crippen molar-refractivity contribution in [2.75, 3.05) is 0 Å². The van der Waals surface area contributed by atoms with Crippen molar-refractivity contribution in [3.05, 3.63) is 46.0 Å². The Balaban J connectivity index is 2.31. The van der Waals surface area contributed by atoms with Gasteiger partial charge in [-0.1, -0.05) is 55.4 Å². The van der Waals surface area contributed by atoms with Crippen LogP contribution in [0.25, 0.3) is 0 Å². The van der Waals surface area contributed by atoms with Crippen molar-refractivity contribution in [3.63, 3.8) is 0 Å². The Hall–Kier alpha value is -1.30. The highest BCUT2D eigenvalue weighted by Crippen LogP contribution is 2.27. The average Bonchev–Trinajstić information content (AvgIpc) is 2.89. The van der Waals surface area contributed by atoms with Crippen LogP contribution in [-0.4, -0.2) is 9.59 Å². The Kier molecular flexibility index (Phi) is 5.64. The van der Waals surface area contributed by atoms with Crippen LogP contribution in [0, 0.1) is 0 Å². The number of hydrogen-bond donors (Lipinski definition) is 2. The number of nitrogens with zero attached hydrogens (tertiary/aromatic N) is 2. The lowest BCUT2D eigenvalue weighted by Gasteiger charge is -2.16. The van der Waals surface area contributed by atoms with Gasteiger partial charge in [-0.2, -0.15) is 0 Å². The summed E-state index contributed by atoms with van der Waals surface area (Å²) in [6.07, 6.45) is 4.24. The van der Waals surface area contributed by atoms with E-state index < -0.39 is 0 Å². The monoisotopic (exact) mass is 290 g/mol. The zero-order valence-electron chi connectivity index (χ0n) is 12.1. The molecule has 3 N–H and O–H groups in total. The molecule has 1 aromatic heterocycles. The second kappa shape index (κ2) is 7.47. The summed E-state index contributed by atoms with van der Waals surface area (Å²) in [5.74, 6) is 5.79. The number of rotatable bonds is 7. The maximum atomic E-state index is 5.79. The molecule has 1 heterocycles. The van der Waals surface area contributed by atoms with Gasteiger partial charge in [-0.15, -0.1) is 5.10 Å². The molecule has 0 aliphatic carbocycles. The van der Waals surface area contributed by atoms with Crippen molar-refractivity contribution in [3.8, 4) is 0 Å². The van der Waals surface area contributed by atoms with Gasteiger partial charge in [0.05, 0.1) is 16.6 Å². The topological polar surface area (TPSA) is 63.8 Å². The fourth-order valence-electron chi connectivity index (χ4n) is 2.39. The fraction of sp³-hybridized carbons (Fsp3) is 0.467. The molecular weight excluding hydrogens is 268 g/mol. The number of nitrogens with one attached hydrogen (secondary N) is 1. The normalized spacial score (nSPS) is 12.6. The zero-order valence-corrected chi connectivity index (χ0v) is 12.9. The van der Waals surface area contributed by atoms with Gasteiger partial charge < -0.3 is 0 Å². The first-order valence-corrected chi connectivity index (χ1v) is 7.93. The predicted molar refractivity (Wildman–Crippen MR) is 83.5 cm³/mol. The lowest BCUT2D eigenvalue weighted by Crippen LogP contribution is -2.29. The molecule has 0 aliphatic heterocycles. The number of aryl methyl sites for hydroxylation is 2. The van der Waals surface area contributed by atoms with Crippen LogP contribution in [0.1, 0.15) is 54.4 Å². The van der Waals surface area contributed by atoms with Gasteiger partial charge in [0.1, 0.15) is 0 Å². The van der Waals surface area contributed by atoms with Gasteiger partial charge in [0.15, 0.2) is 0 Å². The van der Waals surface area contributed by atoms with Crippen molar-refractivity contribution in [1.82, 2.24) is 15.0 Å². The summed E-state index contributed by atoms with van der Waals surface area (Å²) in [4.78, 5) is 1.13. The van der Waals surface area contributed by atoms with Gasteiger partial charge in [0.2, 0.25) is 0 Å². The summed E-state index contributed by atoms with van der Waals surface area (Å²) in [7, 11) is 0. The Morgan fingerprint density at radius 2 is 2.05 bits per heavy atom. The first-order valence-electron chi connectivity index (χ1n) is 7.16. The van der Waals surface area contributed by atoms with Crippen molar-refractivity contribution in [2.45, 2.75) is 45.6 Å². The smallest absolute Gasteiger partial charge is 0.0837 e. The van der Waals surface area contributed by atoms with Crippen molar-refractivity contribution in [2.24, 2.45) is 5.84 Å². The van der Waals surface area contributed by atoms with E-state index in [9.17, 15) is 0 Å². The SMILES string of the molecule is CCCc1cccc(C(NN)c2snnc2CCC)c1. The molecular formula is C15H22N4S. The molecule has 5 heteroatoms. The molecule has 0 saturated heterocycles. The molecule has 0 radical (unpaired) electrons.